The van der Waals surface area contributed by atoms with E-state index in [1.807, 2.05) is 5.32 Å². The van der Waals surface area contributed by atoms with E-state index in [4.69, 9.17) is 9.88 Å². The fraction of sp³-hybridized carbons (Fsp3) is 0.273. The number of nitrogens with two attached hydrogens (primary N) is 1. The summed E-state index contributed by atoms with van der Waals surface area (Å²) in [6.07, 6.45) is -1.20. The molecule has 0 heterocycles. The molecule has 4 N–H and O–H groups in total. The topological polar surface area (TPSA) is 128 Å². The summed E-state index contributed by atoms with van der Waals surface area (Å²) in [6.45, 7) is 1.29. The molecule has 0 aliphatic heterocycles. The van der Waals surface area contributed by atoms with Gasteiger partial charge in [0.15, 0.2) is 6.10 Å². The Hall–Kier alpha value is -2.20. The number of nitrogens with one attached hydrogen (secondary N) is 2. The molecule has 0 bridgehead atoms. The van der Waals surface area contributed by atoms with E-state index in [-0.39, 0.29) is 5.75 Å². The lowest BCUT2D eigenvalue weighted by Gasteiger charge is -2.16. The molecule has 1 aromatic rings. The molecule has 21 heavy (non-hydrogen) atoms. The molecule has 0 aliphatic carbocycles. The Balaban J connectivity index is 2.98. The van der Waals surface area contributed by atoms with Crippen LogP contribution in [0.15, 0.2) is 23.1 Å². The number of ether oxygens (including phenoxy) is 1. The number of sulfonamides is 1. The van der Waals surface area contributed by atoms with Gasteiger partial charge in [-0.3, -0.25) is 10.1 Å². The Morgan fingerprint density at radius 2 is 2.00 bits per heavy atom. The molecule has 0 spiro atoms. The van der Waals surface area contributed by atoms with Gasteiger partial charge < -0.3 is 10.1 Å². The fourth-order valence-corrected chi connectivity index (χ4v) is 2.00. The Labute approximate surface area is 120 Å². The second kappa shape index (κ2) is 6.50. The second-order valence-electron chi connectivity index (χ2n) is 3.96. The average Bonchev–Trinajstić information content (AvgIpc) is 2.39. The Morgan fingerprint density at radius 3 is 2.52 bits per heavy atom. The number of carbonyl (C=O) groups excluding carboxylic acids is 2. The zero-order valence-corrected chi connectivity index (χ0v) is 12.0. The molecule has 8 nitrogen and oxygen atoms in total. The van der Waals surface area contributed by atoms with Crippen LogP contribution in [0.3, 0.4) is 0 Å². The van der Waals surface area contributed by atoms with Crippen molar-refractivity contribution < 1.29 is 27.1 Å². The quantitative estimate of drug-likeness (QED) is 0.702. The molecule has 0 saturated carbocycles. The fourth-order valence-electron chi connectivity index (χ4n) is 1.32. The minimum absolute atomic E-state index is 0.293. The van der Waals surface area contributed by atoms with Crippen molar-refractivity contribution in [3.05, 3.63) is 24.0 Å². The number of amides is 3. The van der Waals surface area contributed by atoms with Gasteiger partial charge in [-0.25, -0.2) is 22.7 Å². The Kier molecular flexibility index (Phi) is 5.22. The minimum atomic E-state index is -4.23. The molecular formula is C11H14FN3O5S. The summed E-state index contributed by atoms with van der Waals surface area (Å²) in [5.41, 5.74) is 0. The zero-order chi connectivity index (χ0) is 16.2. The highest BCUT2D eigenvalue weighted by molar-refractivity contribution is 7.89. The van der Waals surface area contributed by atoms with Crippen molar-refractivity contribution >= 4 is 22.0 Å². The highest BCUT2D eigenvalue weighted by Gasteiger charge is 2.22. The Bertz CT molecular complexity index is 662. The largest absolute Gasteiger partial charge is 0.479 e. The number of halogens is 1. The number of benzene rings is 1. The first-order valence-electron chi connectivity index (χ1n) is 5.66. The molecule has 0 saturated heterocycles. The van der Waals surface area contributed by atoms with E-state index in [0.717, 1.165) is 12.1 Å². The first-order chi connectivity index (χ1) is 9.65. The van der Waals surface area contributed by atoms with Gasteiger partial charge in [0.2, 0.25) is 10.0 Å². The van der Waals surface area contributed by atoms with Crippen LogP contribution in [0.4, 0.5) is 9.18 Å². The minimum Gasteiger partial charge on any atom is -0.479 e. The third-order valence-electron chi connectivity index (χ3n) is 2.35. The first-order valence-corrected chi connectivity index (χ1v) is 7.21. The predicted molar refractivity (Wildman–Crippen MR) is 70.5 cm³/mol. The van der Waals surface area contributed by atoms with Gasteiger partial charge in [-0.1, -0.05) is 0 Å². The van der Waals surface area contributed by atoms with Crippen molar-refractivity contribution in [2.75, 3.05) is 7.05 Å². The van der Waals surface area contributed by atoms with Gasteiger partial charge in [0.1, 0.15) is 16.5 Å². The highest BCUT2D eigenvalue weighted by Crippen LogP contribution is 2.24. The molecule has 0 aromatic heterocycles. The molecule has 0 aliphatic rings. The standard InChI is InChI=1S/C11H14FN3O5S/c1-6(10(16)15-11(17)14-2)20-8-4-3-7(12)5-9(8)21(13,18)19/h3-6H,1-2H3,(H2,13,18,19)(H2,14,15,16,17). The summed E-state index contributed by atoms with van der Waals surface area (Å²) in [5, 5.41) is 9.06. The molecule has 10 heteroatoms. The van der Waals surface area contributed by atoms with Crippen LogP contribution in [0, 0.1) is 5.82 Å². The summed E-state index contributed by atoms with van der Waals surface area (Å²) in [7, 11) is -2.92. The lowest BCUT2D eigenvalue weighted by molar-refractivity contribution is -0.126. The molecule has 1 atom stereocenters. The third kappa shape index (κ3) is 4.68. The van der Waals surface area contributed by atoms with Gasteiger partial charge in [0.05, 0.1) is 0 Å². The summed E-state index contributed by atoms with van der Waals surface area (Å²) < 4.78 is 40.9. The van der Waals surface area contributed by atoms with Crippen molar-refractivity contribution in [1.82, 2.24) is 10.6 Å². The predicted octanol–water partition coefficient (Wildman–Crippen LogP) is -0.304. The zero-order valence-electron chi connectivity index (χ0n) is 11.2. The van der Waals surface area contributed by atoms with E-state index >= 15 is 0 Å². The van der Waals surface area contributed by atoms with Crippen LogP contribution in [0.25, 0.3) is 0 Å². The highest BCUT2D eigenvalue weighted by atomic mass is 32.2. The number of urea groups is 1. The average molecular weight is 319 g/mol. The van der Waals surface area contributed by atoms with Gasteiger partial charge in [-0.2, -0.15) is 0 Å². The summed E-state index contributed by atoms with van der Waals surface area (Å²) in [6, 6.07) is 1.90. The molecular weight excluding hydrogens is 305 g/mol. The van der Waals surface area contributed by atoms with Crippen LogP contribution < -0.4 is 20.5 Å². The summed E-state index contributed by atoms with van der Waals surface area (Å²) in [4.78, 5) is 22.0. The normalized spacial score (nSPS) is 12.4. The maximum Gasteiger partial charge on any atom is 0.321 e. The van der Waals surface area contributed by atoms with Gasteiger partial charge in [0.25, 0.3) is 5.91 Å². The van der Waals surface area contributed by atoms with Gasteiger partial charge in [0, 0.05) is 7.05 Å². The van der Waals surface area contributed by atoms with Gasteiger partial charge in [-0.05, 0) is 25.1 Å². The van der Waals surface area contributed by atoms with Crippen molar-refractivity contribution in [3.63, 3.8) is 0 Å². The van der Waals surface area contributed by atoms with Gasteiger partial charge >= 0.3 is 6.03 Å². The molecule has 0 fully saturated rings. The van der Waals surface area contributed by atoms with Crippen LogP contribution in [0.2, 0.25) is 0 Å². The first kappa shape index (κ1) is 16.9. The number of carbonyl (C=O) groups is 2. The SMILES string of the molecule is CNC(=O)NC(=O)C(C)Oc1ccc(F)cc1S(N)(=O)=O. The molecule has 116 valence electrons. The molecule has 0 radical (unpaired) electrons. The van der Waals surface area contributed by atoms with Crippen LogP contribution in [-0.4, -0.2) is 33.5 Å². The number of imide groups is 1. The van der Waals surface area contributed by atoms with E-state index in [0.29, 0.717) is 6.07 Å². The molecule has 1 unspecified atom stereocenters. The summed E-state index contributed by atoms with van der Waals surface area (Å²) >= 11 is 0. The van der Waals surface area contributed by atoms with Crippen molar-refractivity contribution in [2.24, 2.45) is 5.14 Å². The monoisotopic (exact) mass is 319 g/mol. The maximum atomic E-state index is 13.1. The molecule has 1 rings (SSSR count). The van der Waals surface area contributed by atoms with Crippen LogP contribution >= 0.6 is 0 Å². The number of hydrogen-bond donors (Lipinski definition) is 3. The van der Waals surface area contributed by atoms with E-state index in [1.54, 1.807) is 0 Å². The Morgan fingerprint density at radius 1 is 1.38 bits per heavy atom. The summed E-state index contributed by atoms with van der Waals surface area (Å²) in [5.74, 6) is -1.92. The smallest absolute Gasteiger partial charge is 0.321 e. The van der Waals surface area contributed by atoms with Crippen molar-refractivity contribution in [1.29, 1.82) is 0 Å². The number of hydrogen-bond acceptors (Lipinski definition) is 5. The van der Waals surface area contributed by atoms with E-state index in [1.165, 1.54) is 14.0 Å². The second-order valence-corrected chi connectivity index (χ2v) is 5.49. The molecule has 1 aromatic carbocycles. The number of rotatable bonds is 4. The third-order valence-corrected chi connectivity index (χ3v) is 3.28. The lowest BCUT2D eigenvalue weighted by Crippen LogP contribution is -2.44. The lowest BCUT2D eigenvalue weighted by atomic mass is 10.3. The van der Waals surface area contributed by atoms with E-state index in [2.05, 4.69) is 5.32 Å². The number of primary sulfonamides is 1. The van der Waals surface area contributed by atoms with Gasteiger partial charge in [-0.15, -0.1) is 0 Å². The van der Waals surface area contributed by atoms with Crippen molar-refractivity contribution in [2.45, 2.75) is 17.9 Å². The maximum absolute atomic E-state index is 13.1. The molecule has 3 amide bonds. The van der Waals surface area contributed by atoms with Crippen molar-refractivity contribution in [3.8, 4) is 5.75 Å². The van der Waals surface area contributed by atoms with Crippen LogP contribution in [-0.2, 0) is 14.8 Å². The van der Waals surface area contributed by atoms with Crippen LogP contribution in [0.1, 0.15) is 6.92 Å². The van der Waals surface area contributed by atoms with E-state index in [9.17, 15) is 22.4 Å². The van der Waals surface area contributed by atoms with Crippen LogP contribution in [0.5, 0.6) is 5.75 Å². The van der Waals surface area contributed by atoms with E-state index < -0.39 is 38.8 Å².